The van der Waals surface area contributed by atoms with Gasteiger partial charge in [0.15, 0.2) is 0 Å². The Bertz CT molecular complexity index is 357. The van der Waals surface area contributed by atoms with Crippen LogP contribution in [0.15, 0.2) is 29.2 Å². The first kappa shape index (κ1) is 12.6. The van der Waals surface area contributed by atoms with Gasteiger partial charge in [-0.2, -0.15) is 0 Å². The van der Waals surface area contributed by atoms with E-state index in [4.69, 9.17) is 4.74 Å². The summed E-state index contributed by atoms with van der Waals surface area (Å²) in [6.07, 6.45) is 9.83. The van der Waals surface area contributed by atoms with Crippen molar-refractivity contribution < 1.29 is 4.74 Å². The van der Waals surface area contributed by atoms with Gasteiger partial charge in [0, 0.05) is 10.1 Å². The van der Waals surface area contributed by atoms with Crippen LogP contribution >= 0.6 is 11.8 Å². The molecule has 0 saturated heterocycles. The van der Waals surface area contributed by atoms with Crippen LogP contribution in [0, 0.1) is 0 Å². The molecule has 1 aliphatic heterocycles. The Morgan fingerprint density at radius 3 is 2.61 bits per heavy atom. The van der Waals surface area contributed by atoms with Crippen molar-refractivity contribution >= 4 is 11.8 Å². The van der Waals surface area contributed by atoms with E-state index in [2.05, 4.69) is 24.3 Å². The Hall–Kier alpha value is -0.470. The summed E-state index contributed by atoms with van der Waals surface area (Å²) >= 11 is 2.00. The topological polar surface area (TPSA) is 9.23 Å². The van der Waals surface area contributed by atoms with E-state index >= 15 is 0 Å². The molecule has 1 aromatic carbocycles. The van der Waals surface area contributed by atoms with Crippen molar-refractivity contribution in [1.82, 2.24) is 0 Å². The summed E-state index contributed by atoms with van der Waals surface area (Å²) in [7, 11) is 0. The SMILES string of the molecule is c1ccc2c(c1)CC(COC1CCCCCC1)S2. The molecule has 1 heterocycles. The van der Waals surface area contributed by atoms with E-state index in [1.807, 2.05) is 11.8 Å². The highest BCUT2D eigenvalue weighted by atomic mass is 32.2. The van der Waals surface area contributed by atoms with Gasteiger partial charge in [-0.1, -0.05) is 43.9 Å². The molecule has 0 N–H and O–H groups in total. The molecule has 0 radical (unpaired) electrons. The van der Waals surface area contributed by atoms with E-state index in [-0.39, 0.29) is 0 Å². The molecule has 1 aliphatic carbocycles. The molecular formula is C16H22OS. The predicted molar refractivity (Wildman–Crippen MR) is 77.2 cm³/mol. The van der Waals surface area contributed by atoms with Gasteiger partial charge in [0.2, 0.25) is 0 Å². The van der Waals surface area contributed by atoms with Crippen molar-refractivity contribution in [1.29, 1.82) is 0 Å². The van der Waals surface area contributed by atoms with Crippen LogP contribution < -0.4 is 0 Å². The fourth-order valence-corrected chi connectivity index (χ4v) is 4.23. The van der Waals surface area contributed by atoms with Crippen molar-refractivity contribution in [3.05, 3.63) is 29.8 Å². The molecular weight excluding hydrogens is 240 g/mol. The highest BCUT2D eigenvalue weighted by Gasteiger charge is 2.23. The second kappa shape index (κ2) is 6.12. The Morgan fingerprint density at radius 1 is 1.06 bits per heavy atom. The first-order chi connectivity index (χ1) is 8.92. The summed E-state index contributed by atoms with van der Waals surface area (Å²) in [5, 5.41) is 0.644. The molecule has 1 atom stereocenters. The minimum atomic E-state index is 0.539. The molecule has 1 fully saturated rings. The zero-order valence-corrected chi connectivity index (χ0v) is 11.8. The van der Waals surface area contributed by atoms with Crippen LogP contribution in [0.3, 0.4) is 0 Å². The molecule has 2 heteroatoms. The number of ether oxygens (including phenoxy) is 1. The second-order valence-corrected chi connectivity index (χ2v) is 6.84. The Labute approximate surface area is 114 Å². The van der Waals surface area contributed by atoms with E-state index in [0.717, 1.165) is 6.61 Å². The molecule has 0 spiro atoms. The standard InChI is InChI=1S/C16H22OS/c1-2-4-9-14(8-3-1)17-12-15-11-13-7-5-6-10-16(13)18-15/h5-7,10,14-15H,1-4,8-9,11-12H2. The van der Waals surface area contributed by atoms with Crippen LogP contribution in [-0.2, 0) is 11.2 Å². The quantitative estimate of drug-likeness (QED) is 0.745. The third kappa shape index (κ3) is 3.10. The number of rotatable bonds is 3. The molecule has 98 valence electrons. The normalized spacial score (nSPS) is 24.8. The number of benzene rings is 1. The highest BCUT2D eigenvalue weighted by Crippen LogP contribution is 2.37. The van der Waals surface area contributed by atoms with Crippen LogP contribution in [0.2, 0.25) is 0 Å². The van der Waals surface area contributed by atoms with E-state index in [0.29, 0.717) is 11.4 Å². The Kier molecular flexibility index (Phi) is 4.27. The first-order valence-corrected chi connectivity index (χ1v) is 8.16. The zero-order valence-electron chi connectivity index (χ0n) is 10.9. The molecule has 2 aliphatic rings. The summed E-state index contributed by atoms with van der Waals surface area (Å²) < 4.78 is 6.16. The number of hydrogen-bond donors (Lipinski definition) is 0. The van der Waals surface area contributed by atoms with E-state index in [9.17, 15) is 0 Å². The summed E-state index contributed by atoms with van der Waals surface area (Å²) in [6, 6.07) is 8.79. The fourth-order valence-electron chi connectivity index (χ4n) is 3.00. The van der Waals surface area contributed by atoms with Crippen molar-refractivity contribution in [3.8, 4) is 0 Å². The second-order valence-electron chi connectivity index (χ2n) is 5.50. The van der Waals surface area contributed by atoms with Crippen molar-refractivity contribution in [2.45, 2.75) is 61.2 Å². The molecule has 1 saturated carbocycles. The summed E-state index contributed by atoms with van der Waals surface area (Å²) in [6.45, 7) is 0.935. The van der Waals surface area contributed by atoms with Crippen molar-refractivity contribution in [2.24, 2.45) is 0 Å². The average molecular weight is 262 g/mol. The van der Waals surface area contributed by atoms with Gasteiger partial charge in [-0.3, -0.25) is 0 Å². The Morgan fingerprint density at radius 2 is 1.83 bits per heavy atom. The number of fused-ring (bicyclic) bond motifs is 1. The van der Waals surface area contributed by atoms with Gasteiger partial charge in [-0.05, 0) is 30.9 Å². The van der Waals surface area contributed by atoms with Gasteiger partial charge < -0.3 is 4.74 Å². The van der Waals surface area contributed by atoms with Gasteiger partial charge in [0.1, 0.15) is 0 Å². The maximum absolute atomic E-state index is 6.16. The Balaban J connectivity index is 1.47. The van der Waals surface area contributed by atoms with E-state index in [1.54, 1.807) is 0 Å². The lowest BCUT2D eigenvalue weighted by Crippen LogP contribution is -2.19. The monoisotopic (exact) mass is 262 g/mol. The van der Waals surface area contributed by atoms with Gasteiger partial charge in [-0.15, -0.1) is 11.8 Å². The van der Waals surface area contributed by atoms with Crippen LogP contribution in [0.4, 0.5) is 0 Å². The molecule has 1 nitrogen and oxygen atoms in total. The number of thioether (sulfide) groups is 1. The molecule has 3 rings (SSSR count). The largest absolute Gasteiger partial charge is 0.377 e. The summed E-state index contributed by atoms with van der Waals surface area (Å²) in [5.41, 5.74) is 1.51. The average Bonchev–Trinajstić information content (AvgIpc) is 2.63. The van der Waals surface area contributed by atoms with Gasteiger partial charge in [-0.25, -0.2) is 0 Å². The third-order valence-corrected chi connectivity index (χ3v) is 5.32. The molecule has 1 aromatic rings. The molecule has 0 amide bonds. The van der Waals surface area contributed by atoms with Crippen LogP contribution in [0.25, 0.3) is 0 Å². The smallest absolute Gasteiger partial charge is 0.0595 e. The van der Waals surface area contributed by atoms with Gasteiger partial charge in [0.25, 0.3) is 0 Å². The maximum atomic E-state index is 6.16. The summed E-state index contributed by atoms with van der Waals surface area (Å²) in [4.78, 5) is 1.46. The van der Waals surface area contributed by atoms with E-state index < -0.39 is 0 Å². The van der Waals surface area contributed by atoms with Gasteiger partial charge >= 0.3 is 0 Å². The van der Waals surface area contributed by atoms with Crippen LogP contribution in [-0.4, -0.2) is 18.0 Å². The van der Waals surface area contributed by atoms with Crippen molar-refractivity contribution in [3.63, 3.8) is 0 Å². The molecule has 18 heavy (non-hydrogen) atoms. The van der Waals surface area contributed by atoms with Gasteiger partial charge in [0.05, 0.1) is 12.7 Å². The first-order valence-electron chi connectivity index (χ1n) is 7.28. The van der Waals surface area contributed by atoms with Crippen molar-refractivity contribution in [2.75, 3.05) is 6.61 Å². The highest BCUT2D eigenvalue weighted by molar-refractivity contribution is 8.00. The van der Waals surface area contributed by atoms with Crippen LogP contribution in [0.5, 0.6) is 0 Å². The van der Waals surface area contributed by atoms with E-state index in [1.165, 1.54) is 55.4 Å². The zero-order chi connectivity index (χ0) is 12.2. The minimum Gasteiger partial charge on any atom is -0.377 e. The molecule has 1 unspecified atom stereocenters. The van der Waals surface area contributed by atoms with Crippen LogP contribution in [0.1, 0.15) is 44.1 Å². The molecule has 0 aromatic heterocycles. The minimum absolute atomic E-state index is 0.539. The lowest BCUT2D eigenvalue weighted by molar-refractivity contribution is 0.0446. The predicted octanol–water partition coefficient (Wildman–Crippen LogP) is 4.44. The molecule has 0 bridgehead atoms. The maximum Gasteiger partial charge on any atom is 0.0595 e. The third-order valence-electron chi connectivity index (χ3n) is 4.03. The lowest BCUT2D eigenvalue weighted by atomic mass is 10.1. The number of hydrogen-bond acceptors (Lipinski definition) is 2. The lowest BCUT2D eigenvalue weighted by Gasteiger charge is -2.17. The fraction of sp³-hybridized carbons (Fsp3) is 0.625. The summed E-state index contributed by atoms with van der Waals surface area (Å²) in [5.74, 6) is 0.